The average molecular weight is 859 g/mol. The highest BCUT2D eigenvalue weighted by Gasteiger charge is 1.99. The molecule has 5 heteroatoms. The zero-order valence-electron chi connectivity index (χ0n) is 41.9. The lowest BCUT2D eigenvalue weighted by Gasteiger charge is -2.07. The van der Waals surface area contributed by atoms with E-state index in [4.69, 9.17) is 10.6 Å². The van der Waals surface area contributed by atoms with Crippen molar-refractivity contribution in [2.45, 2.75) is 198 Å². The predicted octanol–water partition coefficient (Wildman–Crippen LogP) is 19.3. The van der Waals surface area contributed by atoms with Crippen LogP contribution in [0.15, 0.2) is 146 Å². The van der Waals surface area contributed by atoms with Crippen LogP contribution in [0, 0.1) is 0 Å². The normalized spacial score (nSPS) is 14.4. The van der Waals surface area contributed by atoms with Crippen molar-refractivity contribution in [1.29, 1.82) is 0 Å². The highest BCUT2D eigenvalue weighted by molar-refractivity contribution is 5.50. The van der Waals surface area contributed by atoms with Gasteiger partial charge in [-0.05, 0) is 215 Å². The van der Waals surface area contributed by atoms with E-state index in [-0.39, 0.29) is 6.61 Å². The van der Waals surface area contributed by atoms with Crippen LogP contribution in [0.3, 0.4) is 0 Å². The fourth-order valence-electron chi connectivity index (χ4n) is 7.39. The lowest BCUT2D eigenvalue weighted by atomic mass is 10.0. The molecule has 1 aromatic rings. The van der Waals surface area contributed by atoms with E-state index in [9.17, 15) is 0 Å². The molecule has 0 heterocycles. The number of hydrogen-bond acceptors (Lipinski definition) is 3. The van der Waals surface area contributed by atoms with E-state index < -0.39 is 0 Å². The molecule has 0 spiro atoms. The van der Waals surface area contributed by atoms with Gasteiger partial charge in [-0.3, -0.25) is 0 Å². The van der Waals surface area contributed by atoms with E-state index in [1.165, 1.54) is 55.7 Å². The Kier molecular flexibility index (Phi) is 33.4. The van der Waals surface area contributed by atoms with Gasteiger partial charge in [0.2, 0.25) is 0 Å². The van der Waals surface area contributed by atoms with E-state index >= 15 is 0 Å². The summed E-state index contributed by atoms with van der Waals surface area (Å²) in [6, 6.07) is 7.58. The van der Waals surface area contributed by atoms with Gasteiger partial charge in [0.15, 0.2) is 0 Å². The van der Waals surface area contributed by atoms with Crippen LogP contribution < -0.4 is 5.32 Å². The molecular formula is C58H90N4O. The Morgan fingerprint density at radius 1 is 0.429 bits per heavy atom. The van der Waals surface area contributed by atoms with Gasteiger partial charge in [0.1, 0.15) is 0 Å². The second-order valence-electron chi connectivity index (χ2n) is 18.3. The van der Waals surface area contributed by atoms with Gasteiger partial charge in [-0.15, -0.1) is 0 Å². The summed E-state index contributed by atoms with van der Waals surface area (Å²) in [6.45, 7) is 23.7. The Labute approximate surface area is 387 Å². The summed E-state index contributed by atoms with van der Waals surface area (Å²) in [5.74, 6) is 0. The summed E-state index contributed by atoms with van der Waals surface area (Å²) in [5.41, 5.74) is 25.0. The van der Waals surface area contributed by atoms with Crippen molar-refractivity contribution in [3.05, 3.63) is 151 Å². The molecule has 2 N–H and O–H groups in total. The summed E-state index contributed by atoms with van der Waals surface area (Å²) in [7, 11) is 0. The molecule has 63 heavy (non-hydrogen) atoms. The zero-order valence-corrected chi connectivity index (χ0v) is 41.9. The van der Waals surface area contributed by atoms with Crippen molar-refractivity contribution in [2.75, 3.05) is 18.5 Å². The lowest BCUT2D eigenvalue weighted by molar-refractivity contribution is 0.341. The average Bonchev–Trinajstić information content (AvgIpc) is 3.23. The maximum atomic E-state index is 9.00. The number of allylic oxidation sites excluding steroid dienone is 19. The van der Waals surface area contributed by atoms with Gasteiger partial charge in [0.25, 0.3) is 0 Å². The zero-order chi connectivity index (χ0) is 46.5. The number of rotatable bonds is 34. The van der Waals surface area contributed by atoms with Gasteiger partial charge < -0.3 is 10.4 Å². The molecule has 0 aliphatic heterocycles. The molecule has 0 aromatic heterocycles. The van der Waals surface area contributed by atoms with Gasteiger partial charge >= 0.3 is 0 Å². The van der Waals surface area contributed by atoms with Gasteiger partial charge in [-0.1, -0.05) is 134 Å². The third-order valence-corrected chi connectivity index (χ3v) is 11.8. The first-order chi connectivity index (χ1) is 30.3. The molecule has 0 aliphatic rings. The molecule has 0 aliphatic carbocycles. The van der Waals surface area contributed by atoms with Crippen molar-refractivity contribution in [1.82, 2.24) is 0 Å². The number of benzene rings is 1. The maximum Gasteiger partial charge on any atom is 0.0614 e. The summed E-state index contributed by atoms with van der Waals surface area (Å²) in [4.78, 5) is 2.82. The molecule has 0 saturated heterocycles. The minimum absolute atomic E-state index is 0.145. The quantitative estimate of drug-likeness (QED) is 0.0238. The summed E-state index contributed by atoms with van der Waals surface area (Å²) in [6.07, 6.45) is 46.4. The first-order valence-corrected chi connectivity index (χ1v) is 24.4. The minimum atomic E-state index is 0.145. The third kappa shape index (κ3) is 33.9. The van der Waals surface area contributed by atoms with Gasteiger partial charge in [0.05, 0.1) is 6.61 Å². The van der Waals surface area contributed by atoms with Gasteiger partial charge in [0, 0.05) is 22.8 Å². The van der Waals surface area contributed by atoms with Crippen LogP contribution in [0.4, 0.5) is 11.4 Å². The topological polar surface area (TPSA) is 81.0 Å². The molecule has 1 rings (SSSR count). The van der Waals surface area contributed by atoms with Crippen molar-refractivity contribution in [3.8, 4) is 0 Å². The highest BCUT2D eigenvalue weighted by atomic mass is 16.2. The van der Waals surface area contributed by atoms with E-state index in [1.54, 1.807) is 0 Å². The summed E-state index contributed by atoms with van der Waals surface area (Å²) < 4.78 is 0. The number of nitrogens with zero attached hydrogens (tertiary/aromatic N) is 3. The Hall–Kier alpha value is -4.31. The fraction of sp³-hybridized carbons (Fsp3) is 0.552. The monoisotopic (exact) mass is 859 g/mol. The van der Waals surface area contributed by atoms with E-state index in [2.05, 4.69) is 139 Å². The number of aliphatic hydroxyl groups is 1. The molecule has 0 bridgehead atoms. The van der Waals surface area contributed by atoms with Crippen LogP contribution in [0.1, 0.15) is 198 Å². The number of anilines is 1. The van der Waals surface area contributed by atoms with E-state index in [0.717, 1.165) is 141 Å². The van der Waals surface area contributed by atoms with E-state index in [0.29, 0.717) is 5.69 Å². The number of nitrogens with one attached hydrogen (secondary N) is 1. The van der Waals surface area contributed by atoms with E-state index in [1.807, 2.05) is 30.3 Å². The van der Waals surface area contributed by atoms with Crippen molar-refractivity contribution in [2.24, 2.45) is 5.11 Å². The molecule has 348 valence electrons. The Balaban J connectivity index is 2.21. The SMILES string of the molecule is C/C(=C/CO)CC/C=C(/C)CC/C=C(/C)CC/C=C(/C)CC/C=C(/C)CC/C=C(/C)CC/C=C(/C)CC/C=C(\C)CC/C=C(\C)CC/C=C(\C)CCCNc1ccc(N=[N+]=[N-])cc1. The Morgan fingerprint density at radius 3 is 0.937 bits per heavy atom. The van der Waals surface area contributed by atoms with Crippen LogP contribution in [0.2, 0.25) is 0 Å². The molecule has 0 atom stereocenters. The van der Waals surface area contributed by atoms with Gasteiger partial charge in [-0.25, -0.2) is 0 Å². The largest absolute Gasteiger partial charge is 0.392 e. The van der Waals surface area contributed by atoms with Crippen LogP contribution in [-0.2, 0) is 0 Å². The lowest BCUT2D eigenvalue weighted by Crippen LogP contribution is -2.01. The Bertz CT molecular complexity index is 1800. The number of aliphatic hydroxyl groups excluding tert-OH is 1. The maximum absolute atomic E-state index is 9.00. The Morgan fingerprint density at radius 2 is 0.683 bits per heavy atom. The first-order valence-electron chi connectivity index (χ1n) is 24.4. The molecule has 0 radical (unpaired) electrons. The van der Waals surface area contributed by atoms with Gasteiger partial charge in [-0.2, -0.15) is 0 Å². The molecule has 0 fully saturated rings. The summed E-state index contributed by atoms with van der Waals surface area (Å²) in [5, 5.41) is 16.1. The predicted molar refractivity (Wildman–Crippen MR) is 281 cm³/mol. The third-order valence-electron chi connectivity index (χ3n) is 11.8. The molecular weight excluding hydrogens is 769 g/mol. The van der Waals surface area contributed by atoms with Crippen molar-refractivity contribution >= 4 is 11.4 Å². The fourth-order valence-corrected chi connectivity index (χ4v) is 7.39. The smallest absolute Gasteiger partial charge is 0.0614 e. The van der Waals surface area contributed by atoms with Crippen LogP contribution in [0.5, 0.6) is 0 Å². The standard InChI is InChI=1S/C58H90N4O/c1-47(21-11-22-48(2)24-13-26-50(4)28-15-30-52(6)32-17-34-54(8)36-19-38-56(10)44-46-63)23-12-25-49(3)27-14-29-51(5)31-16-33-53(7)35-18-37-55(9)39-20-45-60-57-40-42-58(43-41-57)61-62-59/h21,24-25,28-29,32-33,36-37,40-44,60,63H,11-20,22-23,26-27,30-31,34-35,38-39,45-46H2,1-10H3/b47-21-,48-24-,49-25-,50-28-,51-29+,52-32-,53-33+,54-36-,55-37+,56-44-. The van der Waals surface area contributed by atoms with Crippen molar-refractivity contribution < 1.29 is 5.11 Å². The van der Waals surface area contributed by atoms with Crippen LogP contribution in [-0.4, -0.2) is 18.3 Å². The molecule has 0 unspecified atom stereocenters. The van der Waals surface area contributed by atoms with Crippen molar-refractivity contribution in [3.63, 3.8) is 0 Å². The second-order valence-corrected chi connectivity index (χ2v) is 18.3. The molecule has 1 aromatic carbocycles. The molecule has 0 amide bonds. The number of hydrogen-bond donors (Lipinski definition) is 2. The summed E-state index contributed by atoms with van der Waals surface area (Å²) >= 11 is 0. The first kappa shape index (κ1) is 56.7. The second kappa shape index (κ2) is 37.1. The number of azide groups is 1. The molecule has 5 nitrogen and oxygen atoms in total. The minimum Gasteiger partial charge on any atom is -0.392 e. The van der Waals surface area contributed by atoms with Crippen LogP contribution >= 0.6 is 0 Å². The van der Waals surface area contributed by atoms with Crippen LogP contribution in [0.25, 0.3) is 10.4 Å². The molecule has 0 saturated carbocycles. The highest BCUT2D eigenvalue weighted by Crippen LogP contribution is 2.20.